The van der Waals surface area contributed by atoms with Crippen molar-refractivity contribution in [3.63, 3.8) is 0 Å². The molecular weight excluding hydrogens is 248 g/mol. The number of ether oxygens (including phenoxy) is 1. The Bertz CT molecular complexity index is 548. The van der Waals surface area contributed by atoms with Crippen molar-refractivity contribution in [1.82, 2.24) is 10.2 Å². The highest BCUT2D eigenvalue weighted by Crippen LogP contribution is 2.14. The molecule has 2 aromatic rings. The highest BCUT2D eigenvalue weighted by molar-refractivity contribution is 5.68. The third kappa shape index (κ3) is 3.80. The zero-order valence-electron chi connectivity index (χ0n) is 10.5. The molecule has 100 valence electrons. The second-order valence-corrected chi connectivity index (χ2v) is 3.95. The Labute approximate surface area is 110 Å². The molecule has 0 saturated carbocycles. The van der Waals surface area contributed by atoms with Crippen LogP contribution in [0.3, 0.4) is 0 Å². The van der Waals surface area contributed by atoms with Crippen LogP contribution in [0, 0.1) is 0 Å². The molecule has 0 fully saturated rings. The van der Waals surface area contributed by atoms with E-state index in [4.69, 9.17) is 14.3 Å². The van der Waals surface area contributed by atoms with Crippen molar-refractivity contribution in [2.45, 2.75) is 26.4 Å². The van der Waals surface area contributed by atoms with Crippen molar-refractivity contribution in [2.75, 3.05) is 0 Å². The minimum Gasteiger partial charge on any atom is -0.484 e. The summed E-state index contributed by atoms with van der Waals surface area (Å²) in [6.07, 6.45) is 0.695. The minimum atomic E-state index is -1.01. The molecule has 0 spiro atoms. The first-order chi connectivity index (χ1) is 9.17. The summed E-state index contributed by atoms with van der Waals surface area (Å²) in [7, 11) is 0. The number of carbonyl (C=O) groups is 1. The molecule has 0 bridgehead atoms. The maximum atomic E-state index is 10.5. The van der Waals surface area contributed by atoms with Gasteiger partial charge < -0.3 is 14.3 Å². The summed E-state index contributed by atoms with van der Waals surface area (Å²) in [4.78, 5) is 10.5. The van der Waals surface area contributed by atoms with Crippen LogP contribution in [0.2, 0.25) is 0 Å². The van der Waals surface area contributed by atoms with Crippen LogP contribution in [-0.2, 0) is 24.2 Å². The largest absolute Gasteiger partial charge is 0.484 e. The third-order valence-electron chi connectivity index (χ3n) is 2.51. The number of hydrogen-bond donors (Lipinski definition) is 1. The average Bonchev–Trinajstić information content (AvgIpc) is 2.84. The van der Waals surface area contributed by atoms with E-state index in [1.165, 1.54) is 5.56 Å². The molecule has 0 aliphatic heterocycles. The van der Waals surface area contributed by atoms with Crippen LogP contribution < -0.4 is 4.74 Å². The molecule has 1 N–H and O–H groups in total. The van der Waals surface area contributed by atoms with E-state index >= 15 is 0 Å². The van der Waals surface area contributed by atoms with Crippen LogP contribution in [0.1, 0.15) is 24.3 Å². The lowest BCUT2D eigenvalue weighted by molar-refractivity contribution is -0.136. The predicted octanol–water partition coefficient (Wildman–Crippen LogP) is 1.84. The molecule has 1 aromatic heterocycles. The van der Waals surface area contributed by atoms with Gasteiger partial charge in [0.15, 0.2) is 6.61 Å². The quantitative estimate of drug-likeness (QED) is 0.854. The van der Waals surface area contributed by atoms with E-state index in [2.05, 4.69) is 17.1 Å². The first kappa shape index (κ1) is 13.1. The van der Waals surface area contributed by atoms with E-state index in [9.17, 15) is 4.79 Å². The fraction of sp³-hybridized carbons (Fsp3) is 0.308. The lowest BCUT2D eigenvalue weighted by Gasteiger charge is -2.03. The van der Waals surface area contributed by atoms with Gasteiger partial charge in [-0.2, -0.15) is 0 Å². The van der Waals surface area contributed by atoms with Crippen molar-refractivity contribution < 1.29 is 19.1 Å². The van der Waals surface area contributed by atoms with Gasteiger partial charge in [0.05, 0.1) is 0 Å². The number of aromatic nitrogens is 2. The molecule has 0 radical (unpaired) electrons. The molecular formula is C13H14N2O4. The molecule has 0 unspecified atom stereocenters. The molecule has 0 atom stereocenters. The van der Waals surface area contributed by atoms with Crippen LogP contribution in [0.4, 0.5) is 0 Å². The molecule has 0 amide bonds. The lowest BCUT2D eigenvalue weighted by Crippen LogP contribution is -1.99. The van der Waals surface area contributed by atoms with Crippen LogP contribution in [0.5, 0.6) is 5.75 Å². The highest BCUT2D eigenvalue weighted by atomic mass is 16.5. The molecule has 1 heterocycles. The van der Waals surface area contributed by atoms with Crippen molar-refractivity contribution in [3.05, 3.63) is 41.6 Å². The Hall–Kier alpha value is -2.37. The van der Waals surface area contributed by atoms with Gasteiger partial charge in [-0.1, -0.05) is 19.1 Å². The van der Waals surface area contributed by atoms with E-state index in [0.717, 1.165) is 6.42 Å². The predicted molar refractivity (Wildman–Crippen MR) is 65.8 cm³/mol. The molecule has 1 aromatic carbocycles. The molecule has 0 aliphatic carbocycles. The summed E-state index contributed by atoms with van der Waals surface area (Å²) in [6, 6.07) is 7.71. The summed E-state index contributed by atoms with van der Waals surface area (Å²) < 4.78 is 10.6. The first-order valence-corrected chi connectivity index (χ1v) is 5.92. The van der Waals surface area contributed by atoms with Gasteiger partial charge in [-0.15, -0.1) is 10.2 Å². The van der Waals surface area contributed by atoms with Crippen LogP contribution in [0.15, 0.2) is 28.7 Å². The van der Waals surface area contributed by atoms with E-state index < -0.39 is 5.97 Å². The lowest BCUT2D eigenvalue weighted by atomic mass is 10.2. The second kappa shape index (κ2) is 5.99. The second-order valence-electron chi connectivity index (χ2n) is 3.95. The smallest absolute Gasteiger partial charge is 0.312 e. The third-order valence-corrected chi connectivity index (χ3v) is 2.51. The van der Waals surface area contributed by atoms with Crippen LogP contribution in [-0.4, -0.2) is 21.3 Å². The molecule has 0 saturated heterocycles. The number of aryl methyl sites for hydroxylation is 1. The molecule has 6 heteroatoms. The fourth-order valence-electron chi connectivity index (χ4n) is 1.51. The normalized spacial score (nSPS) is 10.4. The Morgan fingerprint density at radius 2 is 1.95 bits per heavy atom. The molecule has 0 aliphatic rings. The number of carboxylic acids is 1. The summed E-state index contributed by atoms with van der Waals surface area (Å²) in [6.45, 7) is 2.20. The van der Waals surface area contributed by atoms with Gasteiger partial charge in [-0.05, 0) is 24.1 Å². The number of nitrogens with zero attached hydrogens (tertiary/aromatic N) is 2. The fourth-order valence-corrected chi connectivity index (χ4v) is 1.51. The summed E-state index contributed by atoms with van der Waals surface area (Å²) >= 11 is 0. The van der Waals surface area contributed by atoms with Crippen molar-refractivity contribution in [2.24, 2.45) is 0 Å². The Morgan fingerprint density at radius 3 is 2.58 bits per heavy atom. The van der Waals surface area contributed by atoms with E-state index in [-0.39, 0.29) is 24.8 Å². The Kier molecular flexibility index (Phi) is 4.12. The van der Waals surface area contributed by atoms with Gasteiger partial charge in [-0.3, -0.25) is 4.79 Å². The molecule has 19 heavy (non-hydrogen) atoms. The monoisotopic (exact) mass is 262 g/mol. The standard InChI is InChI=1S/C13H14N2O4/c1-2-9-3-5-10(6-4-9)18-8-12-15-14-11(19-12)7-13(16)17/h3-6H,2,7-8H2,1H3,(H,16,17). The molecule has 2 rings (SSSR count). The van der Waals surface area contributed by atoms with Gasteiger partial charge in [-0.25, -0.2) is 0 Å². The summed E-state index contributed by atoms with van der Waals surface area (Å²) in [5.74, 6) is 0.0321. The van der Waals surface area contributed by atoms with Crippen LogP contribution in [0.25, 0.3) is 0 Å². The number of rotatable bonds is 6. The maximum Gasteiger partial charge on any atom is 0.312 e. The number of aliphatic carboxylic acids is 1. The highest BCUT2D eigenvalue weighted by Gasteiger charge is 2.10. The Morgan fingerprint density at radius 1 is 1.26 bits per heavy atom. The molecule has 6 nitrogen and oxygen atoms in total. The van der Waals surface area contributed by atoms with Gasteiger partial charge in [0.2, 0.25) is 5.89 Å². The minimum absolute atomic E-state index is 0.0763. The van der Waals surface area contributed by atoms with Gasteiger partial charge in [0, 0.05) is 0 Å². The topological polar surface area (TPSA) is 85.5 Å². The summed E-state index contributed by atoms with van der Waals surface area (Å²) in [5.41, 5.74) is 1.23. The first-order valence-electron chi connectivity index (χ1n) is 5.92. The Balaban J connectivity index is 1.90. The zero-order valence-corrected chi connectivity index (χ0v) is 10.5. The van der Waals surface area contributed by atoms with Crippen molar-refractivity contribution >= 4 is 5.97 Å². The summed E-state index contributed by atoms with van der Waals surface area (Å²) in [5, 5.41) is 15.9. The number of hydrogen-bond acceptors (Lipinski definition) is 5. The van der Waals surface area contributed by atoms with Gasteiger partial charge in [0.1, 0.15) is 12.2 Å². The average molecular weight is 262 g/mol. The van der Waals surface area contributed by atoms with Crippen LogP contribution >= 0.6 is 0 Å². The van der Waals surface area contributed by atoms with Gasteiger partial charge >= 0.3 is 5.97 Å². The maximum absolute atomic E-state index is 10.5. The van der Waals surface area contributed by atoms with E-state index in [1.807, 2.05) is 24.3 Å². The SMILES string of the molecule is CCc1ccc(OCc2nnc(CC(=O)O)o2)cc1. The van der Waals surface area contributed by atoms with Gasteiger partial charge in [0.25, 0.3) is 5.89 Å². The van der Waals surface area contributed by atoms with Crippen molar-refractivity contribution in [1.29, 1.82) is 0 Å². The van der Waals surface area contributed by atoms with E-state index in [0.29, 0.717) is 5.75 Å². The zero-order chi connectivity index (χ0) is 13.7. The van der Waals surface area contributed by atoms with E-state index in [1.54, 1.807) is 0 Å². The van der Waals surface area contributed by atoms with Crippen molar-refractivity contribution in [3.8, 4) is 5.75 Å². The number of benzene rings is 1. The number of carboxylic acid groups (broad SMARTS) is 1.